The Morgan fingerprint density at radius 3 is 2.05 bits per heavy atom. The number of hydrogen-bond acceptors (Lipinski definition) is 2. The molecule has 0 atom stereocenters. The molecule has 0 aliphatic rings. The van der Waals surface area contributed by atoms with Crippen LogP contribution in [-0.2, 0) is 0 Å². The van der Waals surface area contributed by atoms with Crippen molar-refractivity contribution >= 4 is 51.8 Å². The fourth-order valence-corrected chi connectivity index (χ4v) is 2.09. The maximum absolute atomic E-state index is 12.5. The van der Waals surface area contributed by atoms with Gasteiger partial charge in [0.05, 0.1) is 28.6 Å². The van der Waals surface area contributed by atoms with Crippen molar-refractivity contribution in [2.24, 2.45) is 0 Å². The van der Waals surface area contributed by atoms with E-state index in [-0.39, 0.29) is 5.91 Å². The first kappa shape index (κ1) is 14.0. The number of nitrogens with zero attached hydrogens (tertiary/aromatic N) is 1. The number of carbonyl (C=O) groups is 1. The number of para-hydroxylation sites is 1. The molecule has 1 amide bonds. The van der Waals surface area contributed by atoms with Crippen LogP contribution in [0.15, 0.2) is 60.7 Å². The van der Waals surface area contributed by atoms with E-state index in [1.807, 2.05) is 71.4 Å². The molecule has 0 spiro atoms. The molecule has 96 valence electrons. The van der Waals surface area contributed by atoms with Crippen molar-refractivity contribution in [1.29, 1.82) is 0 Å². The maximum Gasteiger partial charge on any atom is 0.264 e. The van der Waals surface area contributed by atoms with E-state index in [2.05, 4.69) is 3.53 Å². The van der Waals surface area contributed by atoms with Crippen LogP contribution in [0.3, 0.4) is 0 Å². The molecule has 0 aliphatic heterocycles. The fourth-order valence-electron chi connectivity index (χ4n) is 1.66. The number of anilines is 1. The number of halogens is 1. The highest BCUT2D eigenvalue weighted by molar-refractivity contribution is 14.1. The van der Waals surface area contributed by atoms with Crippen LogP contribution < -0.4 is 8.43 Å². The highest BCUT2D eigenvalue weighted by Gasteiger charge is 2.21. The largest absolute Gasteiger partial charge is 0.305 e. The van der Waals surface area contributed by atoms with Crippen molar-refractivity contribution in [1.82, 2.24) is 3.53 Å². The van der Waals surface area contributed by atoms with Crippen LogP contribution in [0.1, 0.15) is 10.4 Å². The van der Waals surface area contributed by atoms with Gasteiger partial charge in [-0.25, -0.2) is 0 Å². The summed E-state index contributed by atoms with van der Waals surface area (Å²) < 4.78 is 2.82. The van der Waals surface area contributed by atoms with E-state index in [1.165, 1.54) is 4.90 Å². The number of amides is 1. The summed E-state index contributed by atoms with van der Waals surface area (Å²) in [5, 5.41) is 0.362. The Hall–Kier alpha value is -1.47. The molecule has 5 heteroatoms. The minimum atomic E-state index is -0.152. The zero-order valence-corrected chi connectivity index (χ0v) is 12.9. The second-order valence-corrected chi connectivity index (χ2v) is 4.67. The van der Waals surface area contributed by atoms with Crippen molar-refractivity contribution in [3.8, 4) is 0 Å². The van der Waals surface area contributed by atoms with Crippen LogP contribution in [0.5, 0.6) is 0 Å². The summed E-state index contributed by atoms with van der Waals surface area (Å²) in [6.07, 6.45) is 0. The van der Waals surface area contributed by atoms with E-state index < -0.39 is 0 Å². The molecule has 0 saturated heterocycles. The summed E-state index contributed by atoms with van der Waals surface area (Å²) in [5.41, 5.74) is 1.34. The van der Waals surface area contributed by atoms with E-state index in [9.17, 15) is 4.79 Å². The highest BCUT2D eigenvalue weighted by Crippen LogP contribution is 2.17. The second-order valence-electron chi connectivity index (χ2n) is 3.74. The van der Waals surface area contributed by atoms with Crippen molar-refractivity contribution in [2.75, 3.05) is 4.90 Å². The average Bonchev–Trinajstić information content (AvgIpc) is 2.49. The Bertz CT molecular complexity index is 575. The number of carbonyl (C=O) groups excluding carboxylic acids is 1. The third-order valence-corrected chi connectivity index (χ3v) is 3.68. The standard InChI is InChI=1S/C14H11IN2OS/c15-16-14(19)17(12-9-5-2-6-10-12)13(18)11-7-3-1-4-8-11/h1-10H,(H,16,19). The third kappa shape index (κ3) is 3.30. The molecular formula is C14H11IN2OS. The minimum Gasteiger partial charge on any atom is -0.305 e. The van der Waals surface area contributed by atoms with Crippen molar-refractivity contribution in [2.45, 2.75) is 0 Å². The monoisotopic (exact) mass is 382 g/mol. The lowest BCUT2D eigenvalue weighted by atomic mass is 10.2. The number of rotatable bonds is 2. The molecule has 2 aromatic carbocycles. The molecule has 2 rings (SSSR count). The van der Waals surface area contributed by atoms with Gasteiger partial charge in [-0.05, 0) is 36.5 Å². The number of thiocarbonyl (C=S) groups is 1. The van der Waals surface area contributed by atoms with Gasteiger partial charge in [-0.3, -0.25) is 9.69 Å². The van der Waals surface area contributed by atoms with Crippen LogP contribution in [0.25, 0.3) is 0 Å². The van der Waals surface area contributed by atoms with Gasteiger partial charge in [0.15, 0.2) is 5.11 Å². The van der Waals surface area contributed by atoms with E-state index >= 15 is 0 Å². The van der Waals surface area contributed by atoms with Crippen molar-refractivity contribution < 1.29 is 4.79 Å². The van der Waals surface area contributed by atoms with Gasteiger partial charge in [0, 0.05) is 5.56 Å². The van der Waals surface area contributed by atoms with Crippen molar-refractivity contribution in [3.05, 3.63) is 66.2 Å². The van der Waals surface area contributed by atoms with E-state index in [0.29, 0.717) is 10.7 Å². The quantitative estimate of drug-likeness (QED) is 0.490. The molecular weight excluding hydrogens is 371 g/mol. The summed E-state index contributed by atoms with van der Waals surface area (Å²) in [6, 6.07) is 18.4. The van der Waals surface area contributed by atoms with Crippen LogP contribution in [0.2, 0.25) is 0 Å². The molecule has 3 nitrogen and oxygen atoms in total. The van der Waals surface area contributed by atoms with Crippen LogP contribution in [0, 0.1) is 0 Å². The van der Waals surface area contributed by atoms with Gasteiger partial charge in [0.1, 0.15) is 0 Å². The Morgan fingerprint density at radius 2 is 1.53 bits per heavy atom. The Morgan fingerprint density at radius 1 is 1.00 bits per heavy atom. The molecule has 0 bridgehead atoms. The predicted octanol–water partition coefficient (Wildman–Crippen LogP) is 3.56. The normalized spacial score (nSPS) is 9.74. The molecule has 0 fully saturated rings. The number of hydrogen-bond donors (Lipinski definition) is 1. The smallest absolute Gasteiger partial charge is 0.264 e. The lowest BCUT2D eigenvalue weighted by molar-refractivity contribution is 0.100. The van der Waals surface area contributed by atoms with E-state index in [1.54, 1.807) is 12.1 Å². The second kappa shape index (κ2) is 6.63. The van der Waals surface area contributed by atoms with Gasteiger partial charge in [0.25, 0.3) is 5.91 Å². The van der Waals surface area contributed by atoms with Gasteiger partial charge in [-0.1, -0.05) is 36.4 Å². The summed E-state index contributed by atoms with van der Waals surface area (Å²) in [4.78, 5) is 14.0. The van der Waals surface area contributed by atoms with Crippen molar-refractivity contribution in [3.63, 3.8) is 0 Å². The number of benzene rings is 2. The molecule has 0 heterocycles. The third-order valence-electron chi connectivity index (χ3n) is 2.52. The lowest BCUT2D eigenvalue weighted by Gasteiger charge is -2.22. The summed E-state index contributed by atoms with van der Waals surface area (Å²) in [5.74, 6) is -0.152. The molecule has 0 radical (unpaired) electrons. The minimum absolute atomic E-state index is 0.152. The number of nitrogens with one attached hydrogen (secondary N) is 1. The Labute approximate surface area is 131 Å². The first-order valence-electron chi connectivity index (χ1n) is 5.59. The molecule has 2 aromatic rings. The SMILES string of the molecule is O=C(c1ccccc1)N(C(=S)NI)c1ccccc1. The Kier molecular flexibility index (Phi) is 4.86. The molecule has 0 aromatic heterocycles. The van der Waals surface area contributed by atoms with Gasteiger partial charge >= 0.3 is 0 Å². The predicted molar refractivity (Wildman–Crippen MR) is 89.4 cm³/mol. The topological polar surface area (TPSA) is 32.3 Å². The first-order chi connectivity index (χ1) is 9.24. The molecule has 0 aliphatic carbocycles. The molecule has 1 N–H and O–H groups in total. The van der Waals surface area contributed by atoms with Gasteiger partial charge < -0.3 is 3.53 Å². The van der Waals surface area contributed by atoms with E-state index in [0.717, 1.165) is 5.69 Å². The molecule has 0 unspecified atom stereocenters. The van der Waals surface area contributed by atoms with Gasteiger partial charge in [0.2, 0.25) is 0 Å². The zero-order chi connectivity index (χ0) is 13.7. The van der Waals surface area contributed by atoms with Crippen LogP contribution in [-0.4, -0.2) is 11.0 Å². The maximum atomic E-state index is 12.5. The molecule has 19 heavy (non-hydrogen) atoms. The summed E-state index contributed by atoms with van der Waals surface area (Å²) in [7, 11) is 0. The lowest BCUT2D eigenvalue weighted by Crippen LogP contribution is -2.40. The zero-order valence-electron chi connectivity index (χ0n) is 9.92. The summed E-state index contributed by atoms with van der Waals surface area (Å²) in [6.45, 7) is 0. The van der Waals surface area contributed by atoms with Gasteiger partial charge in [-0.2, -0.15) is 0 Å². The summed E-state index contributed by atoms with van der Waals surface area (Å²) >= 11 is 7.14. The Balaban J connectivity index is 2.40. The van der Waals surface area contributed by atoms with Crippen LogP contribution >= 0.6 is 35.1 Å². The molecule has 0 saturated carbocycles. The highest BCUT2D eigenvalue weighted by atomic mass is 127. The first-order valence-corrected chi connectivity index (χ1v) is 7.08. The van der Waals surface area contributed by atoms with E-state index in [4.69, 9.17) is 12.2 Å². The van der Waals surface area contributed by atoms with Crippen LogP contribution in [0.4, 0.5) is 5.69 Å². The fraction of sp³-hybridized carbons (Fsp3) is 0. The average molecular weight is 382 g/mol. The van der Waals surface area contributed by atoms with Gasteiger partial charge in [-0.15, -0.1) is 0 Å².